The number of unbranched alkanes of at least 4 members (excludes halogenated alkanes) is 10. The van der Waals surface area contributed by atoms with Gasteiger partial charge >= 0.3 is 0 Å². The van der Waals surface area contributed by atoms with Crippen molar-refractivity contribution in [2.24, 2.45) is 0 Å². The molecule has 0 aromatic carbocycles. The fraction of sp³-hybridized carbons (Fsp3) is 0.889. The lowest BCUT2D eigenvalue weighted by Gasteiger charge is -2.05. The summed E-state index contributed by atoms with van der Waals surface area (Å²) < 4.78 is 5.51. The molecule has 0 bridgehead atoms. The van der Waals surface area contributed by atoms with E-state index in [4.69, 9.17) is 0 Å². The standard InChI is InChI=1S/C18H36N2O2S2/c1-3-5-7-9-11-13-15-17(21)19-23-24-20-18(22)16-14-12-10-8-6-4-2/h3-16H2,1-2H3,(H,19,21)(H,20,22). The van der Waals surface area contributed by atoms with Crippen LogP contribution in [0.15, 0.2) is 0 Å². The fourth-order valence-electron chi connectivity index (χ4n) is 2.37. The van der Waals surface area contributed by atoms with Crippen molar-refractivity contribution in [2.75, 3.05) is 0 Å². The van der Waals surface area contributed by atoms with Gasteiger partial charge in [0.15, 0.2) is 0 Å². The maximum absolute atomic E-state index is 11.6. The molecule has 0 aliphatic rings. The molecule has 142 valence electrons. The molecule has 0 atom stereocenters. The second-order valence-corrected chi connectivity index (χ2v) is 7.99. The van der Waals surface area contributed by atoms with Crippen LogP contribution in [0, 0.1) is 0 Å². The second kappa shape index (κ2) is 19.0. The Bertz CT molecular complexity index is 285. The minimum absolute atomic E-state index is 0.0492. The van der Waals surface area contributed by atoms with Crippen molar-refractivity contribution in [3.05, 3.63) is 0 Å². The number of amides is 2. The molecule has 0 aliphatic carbocycles. The third-order valence-corrected chi connectivity index (χ3v) is 5.32. The predicted molar refractivity (Wildman–Crippen MR) is 107 cm³/mol. The highest BCUT2D eigenvalue weighted by Crippen LogP contribution is 2.15. The van der Waals surface area contributed by atoms with Crippen molar-refractivity contribution in [3.63, 3.8) is 0 Å². The maximum atomic E-state index is 11.6. The van der Waals surface area contributed by atoms with Crippen LogP contribution in [0.2, 0.25) is 0 Å². The van der Waals surface area contributed by atoms with Gasteiger partial charge in [0.05, 0.1) is 0 Å². The maximum Gasteiger partial charge on any atom is 0.230 e. The van der Waals surface area contributed by atoms with E-state index in [0.717, 1.165) is 25.7 Å². The van der Waals surface area contributed by atoms with Crippen molar-refractivity contribution in [3.8, 4) is 0 Å². The van der Waals surface area contributed by atoms with Gasteiger partial charge in [-0.1, -0.05) is 78.1 Å². The van der Waals surface area contributed by atoms with Gasteiger partial charge in [0.1, 0.15) is 0 Å². The number of nitrogens with one attached hydrogen (secondary N) is 2. The molecule has 0 saturated heterocycles. The van der Waals surface area contributed by atoms with E-state index in [2.05, 4.69) is 23.3 Å². The Morgan fingerprint density at radius 2 is 0.917 bits per heavy atom. The van der Waals surface area contributed by atoms with Gasteiger partial charge in [0.25, 0.3) is 0 Å². The summed E-state index contributed by atoms with van der Waals surface area (Å²) in [6.07, 6.45) is 15.4. The van der Waals surface area contributed by atoms with Gasteiger partial charge in [-0.3, -0.25) is 19.0 Å². The quantitative estimate of drug-likeness (QED) is 0.188. The summed E-state index contributed by atoms with van der Waals surface area (Å²) in [5.74, 6) is 0.0985. The topological polar surface area (TPSA) is 58.2 Å². The molecule has 0 saturated carbocycles. The molecule has 0 aliphatic heterocycles. The van der Waals surface area contributed by atoms with E-state index in [1.165, 1.54) is 73.3 Å². The molecule has 0 heterocycles. The van der Waals surface area contributed by atoms with Gasteiger partial charge in [0.2, 0.25) is 11.8 Å². The normalized spacial score (nSPS) is 10.6. The van der Waals surface area contributed by atoms with Crippen molar-refractivity contribution < 1.29 is 9.59 Å². The highest BCUT2D eigenvalue weighted by molar-refractivity contribution is 8.75. The van der Waals surface area contributed by atoms with Crippen LogP contribution in [0.3, 0.4) is 0 Å². The average Bonchev–Trinajstić information content (AvgIpc) is 2.58. The molecule has 0 unspecified atom stereocenters. The molecule has 0 rings (SSSR count). The van der Waals surface area contributed by atoms with Crippen LogP contribution in [0.5, 0.6) is 0 Å². The summed E-state index contributed by atoms with van der Waals surface area (Å²) in [7, 11) is 2.39. The molecule has 0 aromatic rings. The summed E-state index contributed by atoms with van der Waals surface area (Å²) in [6, 6.07) is 0. The number of hydrogen-bond acceptors (Lipinski definition) is 4. The van der Waals surface area contributed by atoms with Crippen molar-refractivity contribution >= 4 is 33.8 Å². The first-order valence-corrected chi connectivity index (χ1v) is 11.8. The Balaban J connectivity index is 3.31. The fourth-order valence-corrected chi connectivity index (χ4v) is 3.65. The van der Waals surface area contributed by atoms with Crippen LogP contribution in [0.25, 0.3) is 0 Å². The van der Waals surface area contributed by atoms with Crippen LogP contribution in [0.1, 0.15) is 104 Å². The van der Waals surface area contributed by atoms with Crippen molar-refractivity contribution in [2.45, 2.75) is 104 Å². The molecule has 0 radical (unpaired) electrons. The molecule has 0 fully saturated rings. The summed E-state index contributed by atoms with van der Waals surface area (Å²) in [5.41, 5.74) is 0. The van der Waals surface area contributed by atoms with Crippen LogP contribution in [-0.2, 0) is 9.59 Å². The van der Waals surface area contributed by atoms with Gasteiger partial charge < -0.3 is 0 Å². The zero-order valence-electron chi connectivity index (χ0n) is 15.5. The van der Waals surface area contributed by atoms with E-state index in [0.29, 0.717) is 12.8 Å². The summed E-state index contributed by atoms with van der Waals surface area (Å²) in [6.45, 7) is 4.41. The Morgan fingerprint density at radius 1 is 0.583 bits per heavy atom. The lowest BCUT2D eigenvalue weighted by Crippen LogP contribution is -2.18. The molecule has 24 heavy (non-hydrogen) atoms. The smallest absolute Gasteiger partial charge is 0.230 e. The summed E-state index contributed by atoms with van der Waals surface area (Å²) >= 11 is 0. The molecule has 2 N–H and O–H groups in total. The first-order chi connectivity index (χ1) is 11.7. The van der Waals surface area contributed by atoms with E-state index in [1.807, 2.05) is 0 Å². The average molecular weight is 377 g/mol. The summed E-state index contributed by atoms with van der Waals surface area (Å²) in [5, 5.41) is 0. The Kier molecular flexibility index (Phi) is 18.7. The van der Waals surface area contributed by atoms with Crippen molar-refractivity contribution in [1.82, 2.24) is 9.44 Å². The lowest BCUT2D eigenvalue weighted by molar-refractivity contribution is -0.120. The number of hydrogen-bond donors (Lipinski definition) is 2. The van der Waals surface area contributed by atoms with Crippen LogP contribution in [0.4, 0.5) is 0 Å². The monoisotopic (exact) mass is 376 g/mol. The first kappa shape index (κ1) is 23.6. The minimum Gasteiger partial charge on any atom is -0.290 e. The number of carbonyl (C=O) groups excluding carboxylic acids is 2. The number of rotatable bonds is 17. The molecule has 0 spiro atoms. The van der Waals surface area contributed by atoms with Crippen LogP contribution in [-0.4, -0.2) is 11.8 Å². The Hall–Kier alpha value is -0.360. The highest BCUT2D eigenvalue weighted by atomic mass is 33.1. The molecular formula is C18H36N2O2S2. The van der Waals surface area contributed by atoms with Crippen LogP contribution >= 0.6 is 22.0 Å². The summed E-state index contributed by atoms with van der Waals surface area (Å²) in [4.78, 5) is 23.2. The Morgan fingerprint density at radius 3 is 1.29 bits per heavy atom. The van der Waals surface area contributed by atoms with E-state index >= 15 is 0 Å². The lowest BCUT2D eigenvalue weighted by atomic mass is 10.1. The highest BCUT2D eigenvalue weighted by Gasteiger charge is 2.04. The van der Waals surface area contributed by atoms with E-state index < -0.39 is 0 Å². The van der Waals surface area contributed by atoms with Gasteiger partial charge in [-0.15, -0.1) is 0 Å². The molecule has 6 heteroatoms. The van der Waals surface area contributed by atoms with E-state index in [9.17, 15) is 9.59 Å². The third-order valence-electron chi connectivity index (χ3n) is 3.87. The van der Waals surface area contributed by atoms with Gasteiger partial charge in [0, 0.05) is 34.8 Å². The zero-order chi connectivity index (χ0) is 17.9. The Labute approximate surface area is 156 Å². The third kappa shape index (κ3) is 18.0. The van der Waals surface area contributed by atoms with Gasteiger partial charge in [-0.05, 0) is 12.8 Å². The second-order valence-electron chi connectivity index (χ2n) is 6.25. The molecule has 2 amide bonds. The van der Waals surface area contributed by atoms with Gasteiger partial charge in [-0.25, -0.2) is 0 Å². The molecule has 0 aromatic heterocycles. The van der Waals surface area contributed by atoms with Crippen molar-refractivity contribution in [1.29, 1.82) is 0 Å². The zero-order valence-corrected chi connectivity index (χ0v) is 17.2. The van der Waals surface area contributed by atoms with Gasteiger partial charge in [-0.2, -0.15) is 0 Å². The minimum atomic E-state index is 0.0492. The predicted octanol–water partition coefficient (Wildman–Crippen LogP) is 5.93. The van der Waals surface area contributed by atoms with Crippen LogP contribution < -0.4 is 9.44 Å². The first-order valence-electron chi connectivity index (χ1n) is 9.60. The SMILES string of the molecule is CCCCCCCCC(=O)NSSNC(=O)CCCCCCCC. The van der Waals surface area contributed by atoms with E-state index in [1.54, 1.807) is 0 Å². The largest absolute Gasteiger partial charge is 0.290 e. The molecule has 4 nitrogen and oxygen atoms in total. The molecular weight excluding hydrogens is 340 g/mol. The number of carbonyl (C=O) groups is 2. The van der Waals surface area contributed by atoms with E-state index in [-0.39, 0.29) is 11.8 Å².